The summed E-state index contributed by atoms with van der Waals surface area (Å²) in [5, 5.41) is 0. The Morgan fingerprint density at radius 1 is 1.15 bits per heavy atom. The lowest BCUT2D eigenvalue weighted by Crippen LogP contribution is -2.86. The molecule has 1 saturated heterocycles. The van der Waals surface area contributed by atoms with Gasteiger partial charge in [-0.05, 0) is 39.9 Å². The zero-order chi connectivity index (χ0) is 14.8. The van der Waals surface area contributed by atoms with E-state index in [1.807, 2.05) is 0 Å². The van der Waals surface area contributed by atoms with E-state index in [0.717, 1.165) is 6.32 Å². The topological polar surface area (TPSA) is 32.4 Å². The third-order valence-corrected chi connectivity index (χ3v) is 6.18. The molecule has 0 saturated carbocycles. The molecule has 0 aromatic heterocycles. The molecule has 0 aromatic carbocycles. The highest BCUT2D eigenvalue weighted by molar-refractivity contribution is 6.45. The predicted molar refractivity (Wildman–Crippen MR) is 81.8 cm³/mol. The van der Waals surface area contributed by atoms with Crippen LogP contribution in [-0.2, 0) is 9.31 Å². The van der Waals surface area contributed by atoms with Crippen molar-refractivity contribution in [2.75, 3.05) is 0 Å². The molecule has 0 radical (unpaired) electrons. The minimum atomic E-state index is -0.205. The van der Waals surface area contributed by atoms with Crippen LogP contribution in [0, 0.1) is 11.8 Å². The molecule has 2 bridgehead atoms. The molecular formula is C16H29BNO2+. The normalized spacial score (nSPS) is 41.9. The molecule has 1 N–H and O–H groups in total. The Balaban J connectivity index is 1.70. The second-order valence-corrected chi connectivity index (χ2v) is 8.39. The van der Waals surface area contributed by atoms with Gasteiger partial charge in [0.1, 0.15) is 0 Å². The maximum absolute atomic E-state index is 6.19. The van der Waals surface area contributed by atoms with Gasteiger partial charge >= 0.3 is 7.12 Å². The average Bonchev–Trinajstić information content (AvgIpc) is 2.72. The summed E-state index contributed by atoms with van der Waals surface area (Å²) in [7, 11) is -0.0471. The Morgan fingerprint density at radius 2 is 1.75 bits per heavy atom. The van der Waals surface area contributed by atoms with E-state index in [1.165, 1.54) is 19.3 Å². The molecule has 0 aromatic rings. The van der Waals surface area contributed by atoms with E-state index in [4.69, 9.17) is 9.31 Å². The number of rotatable bonds is 2. The monoisotopic (exact) mass is 278 g/mol. The van der Waals surface area contributed by atoms with Crippen molar-refractivity contribution in [2.24, 2.45) is 11.8 Å². The Hall–Kier alpha value is -0.345. The van der Waals surface area contributed by atoms with Gasteiger partial charge in [0.15, 0.2) is 11.3 Å². The van der Waals surface area contributed by atoms with Crippen molar-refractivity contribution in [1.29, 1.82) is 0 Å². The SMILES string of the molecule is CC1C2=[NH+][C@@](C)(CC2)CC1CB1OC(C)(C)C(C)(C)O1. The van der Waals surface area contributed by atoms with Gasteiger partial charge in [-0.2, -0.15) is 0 Å². The van der Waals surface area contributed by atoms with Gasteiger partial charge in [-0.3, -0.25) is 0 Å². The summed E-state index contributed by atoms with van der Waals surface area (Å²) in [6.45, 7) is 13.3. The fourth-order valence-corrected chi connectivity index (χ4v) is 4.05. The first kappa shape index (κ1) is 14.6. The van der Waals surface area contributed by atoms with Gasteiger partial charge in [-0.1, -0.05) is 6.92 Å². The maximum Gasteiger partial charge on any atom is 0.458 e. The van der Waals surface area contributed by atoms with Crippen LogP contribution in [0.2, 0.25) is 6.32 Å². The molecule has 3 atom stereocenters. The summed E-state index contributed by atoms with van der Waals surface area (Å²) in [4.78, 5) is 3.74. The fourth-order valence-electron chi connectivity index (χ4n) is 4.05. The van der Waals surface area contributed by atoms with Gasteiger partial charge in [0.25, 0.3) is 0 Å². The van der Waals surface area contributed by atoms with Crippen molar-refractivity contribution in [3.63, 3.8) is 0 Å². The minimum Gasteiger partial charge on any atom is -0.403 e. The van der Waals surface area contributed by atoms with E-state index in [1.54, 1.807) is 5.71 Å². The highest BCUT2D eigenvalue weighted by Crippen LogP contribution is 2.42. The highest BCUT2D eigenvalue weighted by atomic mass is 16.7. The molecule has 112 valence electrons. The van der Waals surface area contributed by atoms with E-state index in [0.29, 0.717) is 17.4 Å². The zero-order valence-corrected chi connectivity index (χ0v) is 13.9. The molecule has 4 heteroatoms. The lowest BCUT2D eigenvalue weighted by Gasteiger charge is -2.32. The molecule has 3 nitrogen and oxygen atoms in total. The van der Waals surface area contributed by atoms with Crippen molar-refractivity contribution in [3.8, 4) is 0 Å². The molecule has 3 heterocycles. The lowest BCUT2D eigenvalue weighted by molar-refractivity contribution is -0.550. The first-order chi connectivity index (χ1) is 9.12. The van der Waals surface area contributed by atoms with Crippen molar-refractivity contribution in [1.82, 2.24) is 0 Å². The Morgan fingerprint density at radius 3 is 2.35 bits per heavy atom. The number of hydrogen-bond donors (Lipinski definition) is 1. The maximum atomic E-state index is 6.19. The van der Waals surface area contributed by atoms with Crippen LogP contribution >= 0.6 is 0 Å². The van der Waals surface area contributed by atoms with Crippen molar-refractivity contribution < 1.29 is 14.3 Å². The summed E-state index contributed by atoms with van der Waals surface area (Å²) < 4.78 is 12.4. The van der Waals surface area contributed by atoms with Gasteiger partial charge in [0.2, 0.25) is 0 Å². The number of fused-ring (bicyclic) bond motifs is 1. The van der Waals surface area contributed by atoms with Crippen molar-refractivity contribution in [3.05, 3.63) is 0 Å². The van der Waals surface area contributed by atoms with Crippen LogP contribution in [0.4, 0.5) is 0 Å². The summed E-state index contributed by atoms with van der Waals surface area (Å²) >= 11 is 0. The third-order valence-electron chi connectivity index (χ3n) is 6.18. The van der Waals surface area contributed by atoms with Gasteiger partial charge in [-0.25, -0.2) is 4.99 Å². The first-order valence-corrected chi connectivity index (χ1v) is 8.11. The Labute approximate surface area is 123 Å². The Kier molecular flexibility index (Phi) is 3.16. The zero-order valence-electron chi connectivity index (χ0n) is 13.9. The molecule has 1 fully saturated rings. The molecule has 20 heavy (non-hydrogen) atoms. The molecular weight excluding hydrogens is 249 g/mol. The Bertz CT molecular complexity index is 430. The van der Waals surface area contributed by atoms with Crippen LogP contribution in [0.25, 0.3) is 0 Å². The van der Waals surface area contributed by atoms with Gasteiger partial charge in [-0.15, -0.1) is 0 Å². The molecule has 0 aliphatic carbocycles. The van der Waals surface area contributed by atoms with Gasteiger partial charge in [0.05, 0.1) is 11.2 Å². The van der Waals surface area contributed by atoms with Crippen LogP contribution in [-0.4, -0.2) is 29.6 Å². The molecule has 3 aliphatic heterocycles. The molecule has 0 spiro atoms. The van der Waals surface area contributed by atoms with E-state index < -0.39 is 0 Å². The quantitative estimate of drug-likeness (QED) is 0.781. The third kappa shape index (κ3) is 2.25. The molecule has 3 aliphatic rings. The second kappa shape index (κ2) is 4.33. The van der Waals surface area contributed by atoms with Gasteiger partial charge < -0.3 is 9.31 Å². The standard InChI is InChI=1S/C16H28BNO2/c1-11-12(9-16(6)8-7-13(11)18-16)10-17-19-14(2,3)15(4,5)20-17/h11-12H,7-10H2,1-6H3/p+1/t11?,12?,16-/m0/s1. The molecule has 0 amide bonds. The minimum absolute atomic E-state index is 0.0471. The smallest absolute Gasteiger partial charge is 0.403 e. The van der Waals surface area contributed by atoms with Crippen LogP contribution in [0.15, 0.2) is 0 Å². The summed E-state index contributed by atoms with van der Waals surface area (Å²) in [5.74, 6) is 1.32. The average molecular weight is 278 g/mol. The summed E-state index contributed by atoms with van der Waals surface area (Å²) in [6, 6.07) is 0. The predicted octanol–water partition coefficient (Wildman–Crippen LogP) is 1.81. The molecule has 2 unspecified atom stereocenters. The van der Waals surface area contributed by atoms with Crippen LogP contribution < -0.4 is 4.99 Å². The van der Waals surface area contributed by atoms with Crippen LogP contribution in [0.3, 0.4) is 0 Å². The highest BCUT2D eigenvalue weighted by Gasteiger charge is 2.54. The van der Waals surface area contributed by atoms with Crippen LogP contribution in [0.5, 0.6) is 0 Å². The lowest BCUT2D eigenvalue weighted by atomic mass is 9.68. The van der Waals surface area contributed by atoms with Crippen molar-refractivity contribution >= 4 is 12.8 Å². The van der Waals surface area contributed by atoms with Gasteiger partial charge in [0, 0.05) is 32.1 Å². The molecule has 3 rings (SSSR count). The van der Waals surface area contributed by atoms with Crippen LogP contribution in [0.1, 0.15) is 60.8 Å². The van der Waals surface area contributed by atoms with E-state index in [9.17, 15) is 0 Å². The summed E-state index contributed by atoms with van der Waals surface area (Å²) in [5.41, 5.74) is 1.46. The number of nitrogens with one attached hydrogen (secondary N) is 1. The van der Waals surface area contributed by atoms with E-state index in [-0.39, 0.29) is 18.3 Å². The fraction of sp³-hybridized carbons (Fsp3) is 0.938. The van der Waals surface area contributed by atoms with E-state index in [2.05, 4.69) is 46.5 Å². The first-order valence-electron chi connectivity index (χ1n) is 8.11. The van der Waals surface area contributed by atoms with Crippen molar-refractivity contribution in [2.45, 2.75) is 83.9 Å². The largest absolute Gasteiger partial charge is 0.458 e. The van der Waals surface area contributed by atoms with E-state index >= 15 is 0 Å². The summed E-state index contributed by atoms with van der Waals surface area (Å²) in [6.07, 6.45) is 4.79. The second-order valence-electron chi connectivity index (χ2n) is 8.39. The number of hydrogen-bond acceptors (Lipinski definition) is 2.